The summed E-state index contributed by atoms with van der Waals surface area (Å²) in [6.07, 6.45) is 0.838. The minimum absolute atomic E-state index is 0.0703. The first-order valence-electron chi connectivity index (χ1n) is 8.69. The van der Waals surface area contributed by atoms with E-state index < -0.39 is 0 Å². The molecule has 132 valence electrons. The number of amides is 1. The van der Waals surface area contributed by atoms with Gasteiger partial charge in [-0.05, 0) is 58.0 Å². The number of para-hydroxylation sites is 1. The number of benzene rings is 2. The van der Waals surface area contributed by atoms with Gasteiger partial charge in [0.2, 0.25) is 0 Å². The van der Waals surface area contributed by atoms with Crippen molar-refractivity contribution in [2.24, 2.45) is 0 Å². The Morgan fingerprint density at radius 3 is 2.52 bits per heavy atom. The van der Waals surface area contributed by atoms with Crippen molar-refractivity contribution >= 4 is 5.91 Å². The maximum atomic E-state index is 12.7. The average molecular weight is 339 g/mol. The summed E-state index contributed by atoms with van der Waals surface area (Å²) in [5.41, 5.74) is 1.33. The summed E-state index contributed by atoms with van der Waals surface area (Å²) < 4.78 is 11.6. The second-order valence-electron chi connectivity index (χ2n) is 7.32. The van der Waals surface area contributed by atoms with E-state index in [2.05, 4.69) is 5.32 Å². The highest BCUT2D eigenvalue weighted by Gasteiger charge is 2.34. The van der Waals surface area contributed by atoms with Crippen LogP contribution in [-0.2, 0) is 0 Å². The van der Waals surface area contributed by atoms with E-state index in [1.54, 1.807) is 12.1 Å². The molecule has 3 rings (SSSR count). The Hall–Kier alpha value is -2.49. The summed E-state index contributed by atoms with van der Waals surface area (Å²) in [5.74, 6) is 1.52. The summed E-state index contributed by atoms with van der Waals surface area (Å²) in [4.78, 5) is 12.7. The van der Waals surface area contributed by atoms with Crippen molar-refractivity contribution in [1.29, 1.82) is 0 Å². The molecule has 1 aliphatic heterocycles. The minimum Gasteiger partial charge on any atom is -0.491 e. The van der Waals surface area contributed by atoms with Gasteiger partial charge in [-0.1, -0.05) is 18.2 Å². The first-order chi connectivity index (χ1) is 11.8. The third-order valence-corrected chi connectivity index (χ3v) is 4.17. The van der Waals surface area contributed by atoms with Gasteiger partial charge in [0.1, 0.15) is 17.1 Å². The van der Waals surface area contributed by atoms with E-state index in [9.17, 15) is 4.79 Å². The van der Waals surface area contributed by atoms with Gasteiger partial charge in [0.15, 0.2) is 0 Å². The molecular formula is C21H25NO3. The quantitative estimate of drug-likeness (QED) is 0.892. The molecule has 25 heavy (non-hydrogen) atoms. The van der Waals surface area contributed by atoms with Crippen LogP contribution in [0.2, 0.25) is 0 Å². The molecule has 0 saturated carbocycles. The van der Waals surface area contributed by atoms with Gasteiger partial charge >= 0.3 is 0 Å². The molecule has 1 N–H and O–H groups in total. The van der Waals surface area contributed by atoms with Gasteiger partial charge in [0, 0.05) is 17.5 Å². The number of hydrogen-bond acceptors (Lipinski definition) is 3. The molecule has 0 aliphatic carbocycles. The molecule has 0 fully saturated rings. The van der Waals surface area contributed by atoms with Crippen LogP contribution in [-0.4, -0.2) is 17.6 Å². The Balaban J connectivity index is 1.76. The van der Waals surface area contributed by atoms with Crippen molar-refractivity contribution in [3.63, 3.8) is 0 Å². The molecule has 4 heteroatoms. The molecule has 0 bridgehead atoms. The van der Waals surface area contributed by atoms with E-state index in [0.717, 1.165) is 23.5 Å². The normalized spacial score (nSPS) is 18.2. The van der Waals surface area contributed by atoms with Crippen LogP contribution in [0.25, 0.3) is 0 Å². The second-order valence-corrected chi connectivity index (χ2v) is 7.32. The summed E-state index contributed by atoms with van der Waals surface area (Å²) in [6, 6.07) is 15.1. The fourth-order valence-corrected chi connectivity index (χ4v) is 3.13. The molecule has 2 aromatic rings. The highest BCUT2D eigenvalue weighted by molar-refractivity contribution is 5.94. The topological polar surface area (TPSA) is 47.6 Å². The Labute approximate surface area is 149 Å². The maximum absolute atomic E-state index is 12.7. The van der Waals surface area contributed by atoms with E-state index in [-0.39, 0.29) is 23.7 Å². The zero-order valence-corrected chi connectivity index (χ0v) is 15.2. The molecule has 1 heterocycles. The molecule has 2 aromatic carbocycles. The lowest BCUT2D eigenvalue weighted by Crippen LogP contribution is -2.41. The summed E-state index contributed by atoms with van der Waals surface area (Å²) >= 11 is 0. The Morgan fingerprint density at radius 2 is 1.84 bits per heavy atom. The van der Waals surface area contributed by atoms with Crippen molar-refractivity contribution in [3.05, 3.63) is 59.7 Å². The molecule has 1 amide bonds. The SMILES string of the molecule is CC(C)Oc1ccc(C(=O)N[C@@H]2CC(C)(C)Oc3ccccc32)cc1. The van der Waals surface area contributed by atoms with Crippen molar-refractivity contribution in [2.45, 2.75) is 51.9 Å². The first-order valence-corrected chi connectivity index (χ1v) is 8.69. The van der Waals surface area contributed by atoms with Gasteiger partial charge in [-0.15, -0.1) is 0 Å². The fraction of sp³-hybridized carbons (Fsp3) is 0.381. The zero-order valence-electron chi connectivity index (χ0n) is 15.2. The van der Waals surface area contributed by atoms with E-state index >= 15 is 0 Å². The van der Waals surface area contributed by atoms with Gasteiger partial charge in [0.05, 0.1) is 12.1 Å². The highest BCUT2D eigenvalue weighted by atomic mass is 16.5. The van der Waals surface area contributed by atoms with Crippen LogP contribution in [0.3, 0.4) is 0 Å². The standard InChI is InChI=1S/C21H25NO3/c1-14(2)24-16-11-9-15(10-12-16)20(23)22-18-13-21(3,4)25-19-8-6-5-7-17(18)19/h5-12,14,18H,13H2,1-4H3,(H,22,23)/t18-/m1/s1. The second kappa shape index (κ2) is 6.79. The van der Waals surface area contributed by atoms with Crippen LogP contribution < -0.4 is 14.8 Å². The third-order valence-electron chi connectivity index (χ3n) is 4.17. The lowest BCUT2D eigenvalue weighted by Gasteiger charge is -2.37. The number of rotatable bonds is 4. The fourth-order valence-electron chi connectivity index (χ4n) is 3.13. The number of fused-ring (bicyclic) bond motifs is 1. The van der Waals surface area contributed by atoms with E-state index in [4.69, 9.17) is 9.47 Å². The predicted octanol–water partition coefficient (Wildman–Crippen LogP) is 4.51. The Kier molecular flexibility index (Phi) is 4.71. The van der Waals surface area contributed by atoms with Gasteiger partial charge in [-0.2, -0.15) is 0 Å². The molecule has 1 atom stereocenters. The number of carbonyl (C=O) groups excluding carboxylic acids is 1. The van der Waals surface area contributed by atoms with Gasteiger partial charge in [0.25, 0.3) is 5.91 Å². The molecule has 4 nitrogen and oxygen atoms in total. The number of nitrogens with one attached hydrogen (secondary N) is 1. The lowest BCUT2D eigenvalue weighted by atomic mass is 9.89. The van der Waals surface area contributed by atoms with Crippen LogP contribution in [0.5, 0.6) is 11.5 Å². The minimum atomic E-state index is -0.318. The van der Waals surface area contributed by atoms with Gasteiger partial charge in [-0.3, -0.25) is 4.79 Å². The van der Waals surface area contributed by atoms with Crippen molar-refractivity contribution in [1.82, 2.24) is 5.32 Å². The Morgan fingerprint density at radius 1 is 1.16 bits per heavy atom. The number of carbonyl (C=O) groups is 1. The average Bonchev–Trinajstić information content (AvgIpc) is 2.54. The lowest BCUT2D eigenvalue weighted by molar-refractivity contribution is 0.0620. The zero-order chi connectivity index (χ0) is 18.0. The monoisotopic (exact) mass is 339 g/mol. The molecule has 0 saturated heterocycles. The van der Waals surface area contributed by atoms with Crippen LogP contribution >= 0.6 is 0 Å². The number of ether oxygens (including phenoxy) is 2. The first kappa shape index (κ1) is 17.3. The number of hydrogen-bond donors (Lipinski definition) is 1. The molecule has 1 aliphatic rings. The van der Waals surface area contributed by atoms with Crippen molar-refractivity contribution in [2.75, 3.05) is 0 Å². The van der Waals surface area contributed by atoms with Gasteiger partial charge < -0.3 is 14.8 Å². The Bertz CT molecular complexity index is 750. The van der Waals surface area contributed by atoms with Crippen LogP contribution in [0.15, 0.2) is 48.5 Å². The van der Waals surface area contributed by atoms with Crippen LogP contribution in [0.4, 0.5) is 0 Å². The molecule has 0 radical (unpaired) electrons. The summed E-state index contributed by atoms with van der Waals surface area (Å²) in [7, 11) is 0. The van der Waals surface area contributed by atoms with Crippen molar-refractivity contribution in [3.8, 4) is 11.5 Å². The molecule has 0 spiro atoms. The van der Waals surface area contributed by atoms with Crippen LogP contribution in [0, 0.1) is 0 Å². The van der Waals surface area contributed by atoms with E-state index in [1.165, 1.54) is 0 Å². The summed E-state index contributed by atoms with van der Waals surface area (Å²) in [5, 5.41) is 3.15. The smallest absolute Gasteiger partial charge is 0.251 e. The maximum Gasteiger partial charge on any atom is 0.251 e. The molecule has 0 aromatic heterocycles. The van der Waals surface area contributed by atoms with E-state index in [0.29, 0.717) is 5.56 Å². The molecular weight excluding hydrogens is 314 g/mol. The highest BCUT2D eigenvalue weighted by Crippen LogP contribution is 2.39. The third kappa shape index (κ3) is 4.13. The van der Waals surface area contributed by atoms with Crippen molar-refractivity contribution < 1.29 is 14.3 Å². The summed E-state index contributed by atoms with van der Waals surface area (Å²) in [6.45, 7) is 8.04. The van der Waals surface area contributed by atoms with E-state index in [1.807, 2.05) is 64.1 Å². The molecule has 0 unspecified atom stereocenters. The largest absolute Gasteiger partial charge is 0.491 e. The van der Waals surface area contributed by atoms with Gasteiger partial charge in [-0.25, -0.2) is 0 Å². The predicted molar refractivity (Wildman–Crippen MR) is 98.2 cm³/mol. The van der Waals surface area contributed by atoms with Crippen LogP contribution in [0.1, 0.15) is 56.1 Å².